The van der Waals surface area contributed by atoms with E-state index in [1.807, 2.05) is 0 Å². The Morgan fingerprint density at radius 3 is 1.92 bits per heavy atom. The van der Waals surface area contributed by atoms with E-state index in [1.54, 1.807) is 30.3 Å². The topological polar surface area (TPSA) is 66.0 Å². The molecule has 0 aliphatic rings. The normalized spacial score (nSPS) is 10.0. The molecule has 1 N–H and O–H groups in total. The number of rotatable bonds is 6. The molecule has 2 aromatic rings. The second kappa shape index (κ2) is 7.79. The molecule has 2 aromatic carbocycles. The van der Waals surface area contributed by atoms with E-state index in [0.717, 1.165) is 0 Å². The lowest BCUT2D eigenvalue weighted by molar-refractivity contribution is 0.102. The maximum absolute atomic E-state index is 12.5. The largest absolute Gasteiger partial charge is 0.495 e. The molecule has 0 heterocycles. The standard InChI is InChI=1S/C17H18ClNO5/c1-21-13-6-5-11(9-12(13)18)19-17(20)10-7-14(22-2)16(24-4)15(8-10)23-3/h5-9H,1-4H3,(H,19,20). The fourth-order valence-electron chi connectivity index (χ4n) is 2.16. The molecule has 0 saturated carbocycles. The van der Waals surface area contributed by atoms with Crippen molar-refractivity contribution in [1.82, 2.24) is 0 Å². The third-order valence-corrected chi connectivity index (χ3v) is 3.63. The van der Waals surface area contributed by atoms with Crippen LogP contribution in [0.25, 0.3) is 0 Å². The van der Waals surface area contributed by atoms with Gasteiger partial charge in [-0.25, -0.2) is 0 Å². The summed E-state index contributed by atoms with van der Waals surface area (Å²) < 4.78 is 20.8. The van der Waals surface area contributed by atoms with Gasteiger partial charge in [0, 0.05) is 11.3 Å². The van der Waals surface area contributed by atoms with Gasteiger partial charge in [0.2, 0.25) is 5.75 Å². The van der Waals surface area contributed by atoms with Crippen molar-refractivity contribution in [2.45, 2.75) is 0 Å². The van der Waals surface area contributed by atoms with Gasteiger partial charge in [-0.2, -0.15) is 0 Å². The molecule has 0 saturated heterocycles. The van der Waals surface area contributed by atoms with Gasteiger partial charge in [-0.15, -0.1) is 0 Å². The highest BCUT2D eigenvalue weighted by atomic mass is 35.5. The van der Waals surface area contributed by atoms with Crippen LogP contribution < -0.4 is 24.3 Å². The second-order valence-corrected chi connectivity index (χ2v) is 5.12. The molecule has 0 fully saturated rings. The van der Waals surface area contributed by atoms with Crippen molar-refractivity contribution in [3.63, 3.8) is 0 Å². The van der Waals surface area contributed by atoms with Crippen LogP contribution in [0.4, 0.5) is 5.69 Å². The zero-order valence-electron chi connectivity index (χ0n) is 13.8. The number of amides is 1. The quantitative estimate of drug-likeness (QED) is 0.860. The first-order valence-corrected chi connectivity index (χ1v) is 7.36. The van der Waals surface area contributed by atoms with E-state index in [2.05, 4.69) is 5.32 Å². The summed E-state index contributed by atoms with van der Waals surface area (Å²) in [4.78, 5) is 12.5. The first kappa shape index (κ1) is 17.7. The SMILES string of the molecule is COc1ccc(NC(=O)c2cc(OC)c(OC)c(OC)c2)cc1Cl. The predicted molar refractivity (Wildman–Crippen MR) is 92.1 cm³/mol. The number of benzene rings is 2. The Bertz CT molecular complexity index is 723. The predicted octanol–water partition coefficient (Wildman–Crippen LogP) is 3.63. The lowest BCUT2D eigenvalue weighted by Crippen LogP contribution is -2.12. The van der Waals surface area contributed by atoms with Gasteiger partial charge in [-0.1, -0.05) is 11.6 Å². The van der Waals surface area contributed by atoms with Crippen LogP contribution in [0.3, 0.4) is 0 Å². The monoisotopic (exact) mass is 351 g/mol. The number of hydrogen-bond acceptors (Lipinski definition) is 5. The van der Waals surface area contributed by atoms with E-state index in [9.17, 15) is 4.79 Å². The van der Waals surface area contributed by atoms with Crippen LogP contribution >= 0.6 is 11.6 Å². The van der Waals surface area contributed by atoms with Gasteiger partial charge in [0.05, 0.1) is 33.5 Å². The Labute approximate surface area is 145 Å². The number of nitrogens with one attached hydrogen (secondary N) is 1. The van der Waals surface area contributed by atoms with Gasteiger partial charge >= 0.3 is 0 Å². The average Bonchev–Trinajstić information content (AvgIpc) is 2.60. The molecule has 24 heavy (non-hydrogen) atoms. The van der Waals surface area contributed by atoms with Crippen molar-refractivity contribution in [3.8, 4) is 23.0 Å². The fourth-order valence-corrected chi connectivity index (χ4v) is 2.42. The maximum atomic E-state index is 12.5. The van der Waals surface area contributed by atoms with Crippen LogP contribution in [-0.4, -0.2) is 34.3 Å². The summed E-state index contributed by atoms with van der Waals surface area (Å²) in [7, 11) is 6.00. The highest BCUT2D eigenvalue weighted by Crippen LogP contribution is 2.38. The molecule has 0 spiro atoms. The highest BCUT2D eigenvalue weighted by Gasteiger charge is 2.17. The minimum Gasteiger partial charge on any atom is -0.495 e. The molecule has 7 heteroatoms. The van der Waals surface area contributed by atoms with Gasteiger partial charge in [0.1, 0.15) is 5.75 Å². The number of halogens is 1. The summed E-state index contributed by atoms with van der Waals surface area (Å²) in [5.41, 5.74) is 0.899. The molecule has 0 unspecified atom stereocenters. The molecule has 6 nitrogen and oxygen atoms in total. The molecule has 0 aliphatic heterocycles. The van der Waals surface area contributed by atoms with Gasteiger partial charge in [-0.3, -0.25) is 4.79 Å². The average molecular weight is 352 g/mol. The minimum atomic E-state index is -0.338. The Balaban J connectivity index is 2.31. The van der Waals surface area contributed by atoms with Crippen molar-refractivity contribution in [3.05, 3.63) is 40.9 Å². The molecular formula is C17H18ClNO5. The van der Waals surface area contributed by atoms with Gasteiger partial charge in [0.15, 0.2) is 11.5 Å². The third-order valence-electron chi connectivity index (χ3n) is 3.34. The first-order chi connectivity index (χ1) is 11.5. The van der Waals surface area contributed by atoms with Crippen molar-refractivity contribution < 1.29 is 23.7 Å². The van der Waals surface area contributed by atoms with Crippen molar-refractivity contribution in [2.75, 3.05) is 33.8 Å². The number of carbonyl (C=O) groups is 1. The Kier molecular flexibility index (Phi) is 5.76. The minimum absolute atomic E-state index is 0.338. The van der Waals surface area contributed by atoms with Crippen molar-refractivity contribution in [2.24, 2.45) is 0 Å². The molecule has 0 bridgehead atoms. The van der Waals surface area contributed by atoms with Crippen LogP contribution in [0.1, 0.15) is 10.4 Å². The lowest BCUT2D eigenvalue weighted by atomic mass is 10.1. The summed E-state index contributed by atoms with van der Waals surface area (Å²) in [6.45, 7) is 0. The van der Waals surface area contributed by atoms with E-state index in [1.165, 1.54) is 28.4 Å². The van der Waals surface area contributed by atoms with Gasteiger partial charge < -0.3 is 24.3 Å². The molecule has 1 amide bonds. The van der Waals surface area contributed by atoms with Crippen LogP contribution in [0.5, 0.6) is 23.0 Å². The summed E-state index contributed by atoms with van der Waals surface area (Å²) in [5, 5.41) is 3.16. The summed E-state index contributed by atoms with van der Waals surface area (Å²) in [5.74, 6) is 1.41. The van der Waals surface area contributed by atoms with Crippen molar-refractivity contribution >= 4 is 23.2 Å². The smallest absolute Gasteiger partial charge is 0.255 e. The van der Waals surface area contributed by atoms with Gasteiger partial charge in [-0.05, 0) is 30.3 Å². The Hall–Kier alpha value is -2.60. The number of ether oxygens (including phenoxy) is 4. The number of anilines is 1. The zero-order valence-corrected chi connectivity index (χ0v) is 14.6. The number of hydrogen-bond donors (Lipinski definition) is 1. The maximum Gasteiger partial charge on any atom is 0.255 e. The second-order valence-electron chi connectivity index (χ2n) is 4.72. The van der Waals surface area contributed by atoms with E-state index < -0.39 is 0 Å². The third kappa shape index (κ3) is 3.65. The molecular weight excluding hydrogens is 334 g/mol. The van der Waals surface area contributed by atoms with E-state index in [0.29, 0.717) is 39.3 Å². The first-order valence-electron chi connectivity index (χ1n) is 6.99. The summed E-state index contributed by atoms with van der Waals surface area (Å²) in [6.07, 6.45) is 0. The van der Waals surface area contributed by atoms with Crippen LogP contribution in [-0.2, 0) is 0 Å². The summed E-state index contributed by atoms with van der Waals surface area (Å²) in [6, 6.07) is 8.12. The lowest BCUT2D eigenvalue weighted by Gasteiger charge is -2.14. The molecule has 0 radical (unpaired) electrons. The van der Waals surface area contributed by atoms with Crippen LogP contribution in [0.15, 0.2) is 30.3 Å². The molecule has 2 rings (SSSR count). The Morgan fingerprint density at radius 1 is 0.875 bits per heavy atom. The molecule has 0 aromatic heterocycles. The van der Waals surface area contributed by atoms with E-state index >= 15 is 0 Å². The molecule has 0 atom stereocenters. The molecule has 128 valence electrons. The molecule has 0 aliphatic carbocycles. The number of methoxy groups -OCH3 is 4. The number of carbonyl (C=O) groups excluding carboxylic acids is 1. The fraction of sp³-hybridized carbons (Fsp3) is 0.235. The van der Waals surface area contributed by atoms with E-state index in [4.69, 9.17) is 30.5 Å². The van der Waals surface area contributed by atoms with E-state index in [-0.39, 0.29) is 5.91 Å². The van der Waals surface area contributed by atoms with Crippen LogP contribution in [0.2, 0.25) is 5.02 Å². The summed E-state index contributed by atoms with van der Waals surface area (Å²) >= 11 is 6.06. The zero-order chi connectivity index (χ0) is 17.7. The Morgan fingerprint density at radius 2 is 1.46 bits per heavy atom. The van der Waals surface area contributed by atoms with Crippen LogP contribution in [0, 0.1) is 0 Å². The van der Waals surface area contributed by atoms with Gasteiger partial charge in [0.25, 0.3) is 5.91 Å². The van der Waals surface area contributed by atoms with Crippen molar-refractivity contribution in [1.29, 1.82) is 0 Å². The highest BCUT2D eigenvalue weighted by molar-refractivity contribution is 6.32.